The topological polar surface area (TPSA) is 20.3 Å². The molecule has 0 bridgehead atoms. The predicted molar refractivity (Wildman–Crippen MR) is 91.6 cm³/mol. The minimum atomic E-state index is -0.595. The first-order chi connectivity index (χ1) is 11.4. The molecular weight excluding hydrogens is 355 g/mol. The molecule has 1 atom stereocenters. The average molecular weight is 370 g/mol. The van der Waals surface area contributed by atoms with Gasteiger partial charge in [0.25, 0.3) is 0 Å². The first-order valence-electron chi connectivity index (χ1n) is 7.63. The maximum absolute atomic E-state index is 13.4. The van der Waals surface area contributed by atoms with E-state index in [1.165, 1.54) is 12.1 Å². The van der Waals surface area contributed by atoms with Crippen LogP contribution in [0.4, 0.5) is 14.5 Å². The van der Waals surface area contributed by atoms with Crippen LogP contribution < -0.4 is 4.90 Å². The molecule has 0 radical (unpaired) electrons. The van der Waals surface area contributed by atoms with E-state index in [4.69, 9.17) is 23.2 Å². The first-order valence-corrected chi connectivity index (χ1v) is 8.39. The molecular formula is C18H15Cl2F2NO. The van der Waals surface area contributed by atoms with Gasteiger partial charge in [-0.2, -0.15) is 0 Å². The zero-order valence-electron chi connectivity index (χ0n) is 12.7. The molecule has 24 heavy (non-hydrogen) atoms. The number of rotatable bonds is 3. The number of hydrogen-bond acceptors (Lipinski definition) is 1. The summed E-state index contributed by atoms with van der Waals surface area (Å²) < 4.78 is 26.7. The summed E-state index contributed by atoms with van der Waals surface area (Å²) in [6.07, 6.45) is 1.50. The Bertz CT molecular complexity index is 741. The van der Waals surface area contributed by atoms with E-state index in [1.54, 1.807) is 23.1 Å². The molecule has 1 saturated heterocycles. The fourth-order valence-corrected chi connectivity index (χ4v) is 3.71. The van der Waals surface area contributed by atoms with E-state index in [1.807, 2.05) is 0 Å². The van der Waals surface area contributed by atoms with Crippen molar-refractivity contribution >= 4 is 34.8 Å². The van der Waals surface area contributed by atoms with Gasteiger partial charge in [0.1, 0.15) is 11.6 Å². The maximum atomic E-state index is 13.4. The SMILES string of the molecule is O=C1CCC(Cc2cc(F)cc(F)c2)CN1c1c(Cl)cccc1Cl. The summed E-state index contributed by atoms with van der Waals surface area (Å²) in [5.74, 6) is -1.16. The highest BCUT2D eigenvalue weighted by Crippen LogP contribution is 2.37. The van der Waals surface area contributed by atoms with E-state index in [-0.39, 0.29) is 11.8 Å². The minimum absolute atomic E-state index is 0.0494. The number of amides is 1. The number of halogens is 4. The highest BCUT2D eigenvalue weighted by molar-refractivity contribution is 6.39. The van der Waals surface area contributed by atoms with Crippen LogP contribution in [0.3, 0.4) is 0 Å². The van der Waals surface area contributed by atoms with Crippen LogP contribution in [0, 0.1) is 17.6 Å². The Morgan fingerprint density at radius 1 is 1.08 bits per heavy atom. The molecule has 0 N–H and O–H groups in total. The second-order valence-electron chi connectivity index (χ2n) is 5.96. The Balaban J connectivity index is 1.82. The van der Waals surface area contributed by atoms with Crippen LogP contribution in [-0.2, 0) is 11.2 Å². The minimum Gasteiger partial charge on any atom is -0.309 e. The van der Waals surface area contributed by atoms with Gasteiger partial charge in [-0.15, -0.1) is 0 Å². The zero-order chi connectivity index (χ0) is 17.3. The van der Waals surface area contributed by atoms with Gasteiger partial charge in [-0.05, 0) is 48.6 Å². The molecule has 1 fully saturated rings. The third-order valence-electron chi connectivity index (χ3n) is 4.16. The molecule has 0 spiro atoms. The highest BCUT2D eigenvalue weighted by Gasteiger charge is 2.29. The van der Waals surface area contributed by atoms with Gasteiger partial charge in [-0.3, -0.25) is 4.79 Å². The smallest absolute Gasteiger partial charge is 0.227 e. The number of benzene rings is 2. The van der Waals surface area contributed by atoms with E-state index in [2.05, 4.69) is 0 Å². The fourth-order valence-electron chi connectivity index (χ4n) is 3.11. The largest absolute Gasteiger partial charge is 0.309 e. The van der Waals surface area contributed by atoms with Crippen molar-refractivity contribution < 1.29 is 13.6 Å². The Morgan fingerprint density at radius 3 is 2.33 bits per heavy atom. The van der Waals surface area contributed by atoms with E-state index in [0.717, 1.165) is 6.07 Å². The Labute approximate surface area is 149 Å². The average Bonchev–Trinajstić information content (AvgIpc) is 2.49. The summed E-state index contributed by atoms with van der Waals surface area (Å²) in [6, 6.07) is 8.58. The lowest BCUT2D eigenvalue weighted by atomic mass is 9.90. The lowest BCUT2D eigenvalue weighted by Crippen LogP contribution is -2.41. The molecule has 0 aliphatic carbocycles. The molecule has 3 rings (SSSR count). The maximum Gasteiger partial charge on any atom is 0.227 e. The molecule has 1 aliphatic heterocycles. The molecule has 1 heterocycles. The summed E-state index contributed by atoms with van der Waals surface area (Å²) in [7, 11) is 0. The van der Waals surface area contributed by atoms with Crippen molar-refractivity contribution in [2.24, 2.45) is 5.92 Å². The van der Waals surface area contributed by atoms with E-state index >= 15 is 0 Å². The number of carbonyl (C=O) groups excluding carboxylic acids is 1. The van der Waals surface area contributed by atoms with Gasteiger partial charge in [0.05, 0.1) is 15.7 Å². The lowest BCUT2D eigenvalue weighted by molar-refractivity contribution is -0.120. The van der Waals surface area contributed by atoms with Crippen molar-refractivity contribution in [3.63, 3.8) is 0 Å². The third-order valence-corrected chi connectivity index (χ3v) is 4.77. The Hall–Kier alpha value is -1.65. The van der Waals surface area contributed by atoms with Crippen LogP contribution in [0.2, 0.25) is 10.0 Å². The molecule has 0 saturated carbocycles. The number of nitrogens with zero attached hydrogens (tertiary/aromatic N) is 1. The molecule has 1 unspecified atom stereocenters. The van der Waals surface area contributed by atoms with E-state index in [0.29, 0.717) is 47.1 Å². The fraction of sp³-hybridized carbons (Fsp3) is 0.278. The van der Waals surface area contributed by atoms with Crippen LogP contribution >= 0.6 is 23.2 Å². The van der Waals surface area contributed by atoms with Crippen molar-refractivity contribution in [1.82, 2.24) is 0 Å². The standard InChI is InChI=1S/C18H15Cl2F2NO/c19-15-2-1-3-16(20)18(15)23-10-11(4-5-17(23)24)6-12-7-13(21)9-14(22)8-12/h1-3,7-9,11H,4-6,10H2. The number of anilines is 1. The second-order valence-corrected chi connectivity index (χ2v) is 6.78. The zero-order valence-corrected chi connectivity index (χ0v) is 14.2. The van der Waals surface area contributed by atoms with Crippen molar-refractivity contribution in [3.05, 3.63) is 63.6 Å². The van der Waals surface area contributed by atoms with Gasteiger partial charge in [0.2, 0.25) is 5.91 Å². The van der Waals surface area contributed by atoms with Crippen LogP contribution in [0.15, 0.2) is 36.4 Å². The van der Waals surface area contributed by atoms with Gasteiger partial charge in [0, 0.05) is 19.0 Å². The number of carbonyl (C=O) groups is 1. The van der Waals surface area contributed by atoms with Crippen LogP contribution in [0.25, 0.3) is 0 Å². The summed E-state index contributed by atoms with van der Waals surface area (Å²) in [6.45, 7) is 0.417. The molecule has 1 aliphatic rings. The molecule has 126 valence electrons. The normalized spacial score (nSPS) is 18.1. The van der Waals surface area contributed by atoms with Crippen LogP contribution in [0.5, 0.6) is 0 Å². The third kappa shape index (κ3) is 3.70. The van der Waals surface area contributed by atoms with E-state index < -0.39 is 11.6 Å². The van der Waals surface area contributed by atoms with Crippen LogP contribution in [-0.4, -0.2) is 12.5 Å². The molecule has 6 heteroatoms. The van der Waals surface area contributed by atoms with Gasteiger partial charge < -0.3 is 4.90 Å². The number of para-hydroxylation sites is 1. The monoisotopic (exact) mass is 369 g/mol. The Morgan fingerprint density at radius 2 is 1.71 bits per heavy atom. The second kappa shape index (κ2) is 7.08. The van der Waals surface area contributed by atoms with Crippen molar-refractivity contribution in [1.29, 1.82) is 0 Å². The first kappa shape index (κ1) is 17.2. The quantitative estimate of drug-likeness (QED) is 0.722. The molecule has 0 aromatic heterocycles. The molecule has 2 aromatic carbocycles. The summed E-state index contributed by atoms with van der Waals surface area (Å²) in [4.78, 5) is 13.9. The van der Waals surface area contributed by atoms with Gasteiger partial charge >= 0.3 is 0 Å². The van der Waals surface area contributed by atoms with Crippen LogP contribution in [0.1, 0.15) is 18.4 Å². The van der Waals surface area contributed by atoms with E-state index in [9.17, 15) is 13.6 Å². The Kier molecular flexibility index (Phi) is 5.07. The predicted octanol–water partition coefficient (Wildman–Crippen LogP) is 5.26. The summed E-state index contributed by atoms with van der Waals surface area (Å²) >= 11 is 12.4. The highest BCUT2D eigenvalue weighted by atomic mass is 35.5. The molecule has 2 nitrogen and oxygen atoms in total. The van der Waals surface area contributed by atoms with Gasteiger partial charge in [-0.25, -0.2) is 8.78 Å². The van der Waals surface area contributed by atoms with Gasteiger partial charge in [-0.1, -0.05) is 29.3 Å². The molecule has 2 aromatic rings. The number of piperidine rings is 1. The van der Waals surface area contributed by atoms with Gasteiger partial charge in [0.15, 0.2) is 0 Å². The van der Waals surface area contributed by atoms with Crippen molar-refractivity contribution in [3.8, 4) is 0 Å². The molecule has 1 amide bonds. The number of hydrogen-bond donors (Lipinski definition) is 0. The van der Waals surface area contributed by atoms with Crippen molar-refractivity contribution in [2.45, 2.75) is 19.3 Å². The summed E-state index contributed by atoms with van der Waals surface area (Å²) in [5.41, 5.74) is 1.08. The lowest BCUT2D eigenvalue weighted by Gasteiger charge is -2.33. The van der Waals surface area contributed by atoms with Crippen molar-refractivity contribution in [2.75, 3.05) is 11.4 Å². The summed E-state index contributed by atoms with van der Waals surface area (Å²) in [5, 5.41) is 0.821.